The fourth-order valence-electron chi connectivity index (χ4n) is 2.03. The Morgan fingerprint density at radius 2 is 2.15 bits per heavy atom. The summed E-state index contributed by atoms with van der Waals surface area (Å²) in [5.41, 5.74) is 2.27. The highest BCUT2D eigenvalue weighted by atomic mass is 32.1. The molecule has 0 unspecified atom stereocenters. The van der Waals surface area contributed by atoms with Gasteiger partial charge in [-0.1, -0.05) is 6.92 Å². The molecule has 0 spiro atoms. The molecule has 0 amide bonds. The van der Waals surface area contributed by atoms with Crippen LogP contribution in [0.5, 0.6) is 17.2 Å². The first-order valence-corrected chi connectivity index (χ1v) is 7.58. The van der Waals surface area contributed by atoms with E-state index < -0.39 is 0 Å². The van der Waals surface area contributed by atoms with E-state index in [4.69, 9.17) is 14.2 Å². The molecule has 0 saturated heterocycles. The first kappa shape index (κ1) is 13.3. The lowest BCUT2D eigenvalue weighted by Gasteiger charge is -2.12. The third kappa shape index (κ3) is 2.89. The van der Waals surface area contributed by atoms with Gasteiger partial charge in [0, 0.05) is 18.2 Å². The van der Waals surface area contributed by atoms with E-state index in [-0.39, 0.29) is 6.79 Å². The van der Waals surface area contributed by atoms with Crippen molar-refractivity contribution in [2.75, 3.05) is 13.3 Å². The zero-order valence-electron chi connectivity index (χ0n) is 11.3. The number of rotatable bonds is 6. The standard InChI is InChI=1S/C15H17NO3S/c1-2-16-7-12-5-14-15(19-10-18-14)6-13(12)17-8-11-3-4-20-9-11/h3-6,9,16H,2,7-8,10H2,1H3. The van der Waals surface area contributed by atoms with E-state index in [9.17, 15) is 0 Å². The summed E-state index contributed by atoms with van der Waals surface area (Å²) in [4.78, 5) is 0. The monoisotopic (exact) mass is 291 g/mol. The van der Waals surface area contributed by atoms with Gasteiger partial charge in [-0.3, -0.25) is 0 Å². The molecule has 0 atom stereocenters. The predicted molar refractivity (Wildman–Crippen MR) is 78.6 cm³/mol. The molecule has 0 radical (unpaired) electrons. The van der Waals surface area contributed by atoms with Crippen molar-refractivity contribution in [1.29, 1.82) is 0 Å². The highest BCUT2D eigenvalue weighted by Crippen LogP contribution is 2.38. The molecule has 1 aliphatic rings. The number of benzene rings is 1. The van der Waals surface area contributed by atoms with Gasteiger partial charge in [-0.2, -0.15) is 11.3 Å². The van der Waals surface area contributed by atoms with Gasteiger partial charge in [0.1, 0.15) is 12.4 Å². The summed E-state index contributed by atoms with van der Waals surface area (Å²) in [6.07, 6.45) is 0. The smallest absolute Gasteiger partial charge is 0.231 e. The third-order valence-corrected chi connectivity index (χ3v) is 3.83. The van der Waals surface area contributed by atoms with Crippen LogP contribution in [0.1, 0.15) is 18.1 Å². The van der Waals surface area contributed by atoms with Crippen LogP contribution >= 0.6 is 11.3 Å². The Bertz CT molecular complexity index is 569. The van der Waals surface area contributed by atoms with Gasteiger partial charge in [-0.05, 0) is 35.0 Å². The molecule has 106 valence electrons. The summed E-state index contributed by atoms with van der Waals surface area (Å²) >= 11 is 1.68. The van der Waals surface area contributed by atoms with Crippen molar-refractivity contribution in [2.24, 2.45) is 0 Å². The molecule has 1 N–H and O–H groups in total. The number of nitrogens with one attached hydrogen (secondary N) is 1. The quantitative estimate of drug-likeness (QED) is 0.887. The number of hydrogen-bond acceptors (Lipinski definition) is 5. The van der Waals surface area contributed by atoms with Crippen molar-refractivity contribution in [3.05, 3.63) is 40.1 Å². The Kier molecular flexibility index (Phi) is 4.08. The van der Waals surface area contributed by atoms with E-state index in [0.29, 0.717) is 6.61 Å². The zero-order chi connectivity index (χ0) is 13.8. The number of ether oxygens (including phenoxy) is 3. The maximum absolute atomic E-state index is 5.93. The van der Waals surface area contributed by atoms with Gasteiger partial charge in [0.25, 0.3) is 0 Å². The molecule has 1 aliphatic heterocycles. The van der Waals surface area contributed by atoms with Crippen LogP contribution in [0.25, 0.3) is 0 Å². The van der Waals surface area contributed by atoms with E-state index in [0.717, 1.165) is 35.9 Å². The van der Waals surface area contributed by atoms with Gasteiger partial charge in [0.2, 0.25) is 6.79 Å². The van der Waals surface area contributed by atoms with Crippen LogP contribution in [0.3, 0.4) is 0 Å². The van der Waals surface area contributed by atoms with Crippen molar-refractivity contribution < 1.29 is 14.2 Å². The number of hydrogen-bond donors (Lipinski definition) is 1. The van der Waals surface area contributed by atoms with Gasteiger partial charge >= 0.3 is 0 Å². The summed E-state index contributed by atoms with van der Waals surface area (Å²) in [5.74, 6) is 2.40. The van der Waals surface area contributed by atoms with Crippen LogP contribution in [-0.2, 0) is 13.2 Å². The molecule has 0 fully saturated rings. The van der Waals surface area contributed by atoms with Crippen LogP contribution in [-0.4, -0.2) is 13.3 Å². The van der Waals surface area contributed by atoms with Crippen molar-refractivity contribution in [1.82, 2.24) is 5.32 Å². The molecule has 0 bridgehead atoms. The van der Waals surface area contributed by atoms with Crippen molar-refractivity contribution in [3.8, 4) is 17.2 Å². The summed E-state index contributed by atoms with van der Waals surface area (Å²) in [6.45, 7) is 4.61. The number of fused-ring (bicyclic) bond motifs is 1. The van der Waals surface area contributed by atoms with Gasteiger partial charge in [-0.25, -0.2) is 0 Å². The molecule has 0 saturated carbocycles. The second-order valence-electron chi connectivity index (χ2n) is 4.51. The average Bonchev–Trinajstić information content (AvgIpc) is 3.12. The summed E-state index contributed by atoms with van der Waals surface area (Å²) in [5, 5.41) is 7.46. The maximum Gasteiger partial charge on any atom is 0.231 e. The lowest BCUT2D eigenvalue weighted by molar-refractivity contribution is 0.173. The topological polar surface area (TPSA) is 39.7 Å². The maximum atomic E-state index is 5.93. The first-order chi connectivity index (χ1) is 9.86. The Labute approximate surface area is 122 Å². The summed E-state index contributed by atoms with van der Waals surface area (Å²) < 4.78 is 16.8. The van der Waals surface area contributed by atoms with Crippen molar-refractivity contribution in [3.63, 3.8) is 0 Å². The van der Waals surface area contributed by atoms with E-state index >= 15 is 0 Å². The summed E-state index contributed by atoms with van der Waals surface area (Å²) in [6, 6.07) is 5.98. The van der Waals surface area contributed by atoms with Crippen LogP contribution in [0, 0.1) is 0 Å². The average molecular weight is 291 g/mol. The zero-order valence-corrected chi connectivity index (χ0v) is 12.2. The Morgan fingerprint density at radius 1 is 1.30 bits per heavy atom. The Balaban J connectivity index is 1.79. The molecule has 5 heteroatoms. The minimum Gasteiger partial charge on any atom is -0.488 e. The van der Waals surface area contributed by atoms with E-state index in [1.54, 1.807) is 11.3 Å². The van der Waals surface area contributed by atoms with Crippen molar-refractivity contribution >= 4 is 11.3 Å². The molecule has 1 aromatic heterocycles. The highest BCUT2D eigenvalue weighted by Gasteiger charge is 2.18. The molecule has 20 heavy (non-hydrogen) atoms. The molecule has 2 aromatic rings. The minimum atomic E-state index is 0.282. The van der Waals surface area contributed by atoms with Gasteiger partial charge in [0.15, 0.2) is 11.5 Å². The molecular formula is C15H17NO3S. The van der Waals surface area contributed by atoms with Gasteiger partial charge < -0.3 is 19.5 Å². The molecule has 2 heterocycles. The molecule has 0 aliphatic carbocycles. The van der Waals surface area contributed by atoms with Crippen LogP contribution in [0.15, 0.2) is 29.0 Å². The van der Waals surface area contributed by atoms with Crippen LogP contribution in [0.4, 0.5) is 0 Å². The van der Waals surface area contributed by atoms with Gasteiger partial charge in [-0.15, -0.1) is 0 Å². The molecule has 3 rings (SSSR count). The second kappa shape index (κ2) is 6.15. The second-order valence-corrected chi connectivity index (χ2v) is 5.29. The Hall–Kier alpha value is -1.72. The number of thiophene rings is 1. The lowest BCUT2D eigenvalue weighted by Crippen LogP contribution is -2.13. The molecule has 1 aromatic carbocycles. The van der Waals surface area contributed by atoms with Crippen molar-refractivity contribution in [2.45, 2.75) is 20.1 Å². The van der Waals surface area contributed by atoms with Crippen LogP contribution in [0.2, 0.25) is 0 Å². The lowest BCUT2D eigenvalue weighted by atomic mass is 10.1. The SMILES string of the molecule is CCNCc1cc2c(cc1OCc1ccsc1)OCO2. The molecule has 4 nitrogen and oxygen atoms in total. The normalized spacial score (nSPS) is 12.7. The van der Waals surface area contributed by atoms with Crippen LogP contribution < -0.4 is 19.5 Å². The fraction of sp³-hybridized carbons (Fsp3) is 0.333. The van der Waals surface area contributed by atoms with E-state index in [2.05, 4.69) is 29.1 Å². The van der Waals surface area contributed by atoms with E-state index in [1.165, 1.54) is 5.56 Å². The summed E-state index contributed by atoms with van der Waals surface area (Å²) in [7, 11) is 0. The predicted octanol–water partition coefficient (Wildman–Crippen LogP) is 3.17. The highest BCUT2D eigenvalue weighted by molar-refractivity contribution is 7.07. The first-order valence-electron chi connectivity index (χ1n) is 6.64. The third-order valence-electron chi connectivity index (χ3n) is 3.10. The minimum absolute atomic E-state index is 0.282. The Morgan fingerprint density at radius 3 is 2.90 bits per heavy atom. The fourth-order valence-corrected chi connectivity index (χ4v) is 2.69. The van der Waals surface area contributed by atoms with Gasteiger partial charge in [0.05, 0.1) is 0 Å². The largest absolute Gasteiger partial charge is 0.488 e. The molecular weight excluding hydrogens is 274 g/mol. The van der Waals surface area contributed by atoms with E-state index in [1.807, 2.05) is 12.1 Å².